The number of hydrogen-bond donors (Lipinski definition) is 0. The van der Waals surface area contributed by atoms with Crippen molar-refractivity contribution in [2.24, 2.45) is 0 Å². The molecule has 1 aromatic carbocycles. The van der Waals surface area contributed by atoms with Gasteiger partial charge in [0.2, 0.25) is 0 Å². The van der Waals surface area contributed by atoms with Crippen molar-refractivity contribution in [3.05, 3.63) is 27.7 Å². The van der Waals surface area contributed by atoms with E-state index < -0.39 is 0 Å². The van der Waals surface area contributed by atoms with E-state index in [1.165, 1.54) is 6.92 Å². The summed E-state index contributed by atoms with van der Waals surface area (Å²) in [5.74, 6) is -0.0288. The Bertz CT molecular complexity index is 395. The maximum absolute atomic E-state index is 11.3. The zero-order chi connectivity index (χ0) is 13.0. The van der Waals surface area contributed by atoms with Gasteiger partial charge < -0.3 is 4.90 Å². The van der Waals surface area contributed by atoms with Crippen molar-refractivity contribution in [3.8, 4) is 0 Å². The van der Waals surface area contributed by atoms with Crippen molar-refractivity contribution < 1.29 is 4.79 Å². The van der Waals surface area contributed by atoms with Crippen LogP contribution in [0.2, 0.25) is 10.0 Å². The van der Waals surface area contributed by atoms with Crippen LogP contribution in [-0.2, 0) is 0 Å². The number of carbonyl (C=O) groups excluding carboxylic acids is 1. The number of hydrogen-bond acceptors (Lipinski definition) is 2. The Hall–Kier alpha value is -0.730. The number of Topliss-reactive ketones (excluding diaryl/α,β-unsaturated/α-hetero) is 1. The second-order valence-electron chi connectivity index (χ2n) is 3.92. The maximum Gasteiger partial charge on any atom is 0.159 e. The van der Waals surface area contributed by atoms with Gasteiger partial charge in [0.05, 0.1) is 15.7 Å². The molecule has 0 unspecified atom stereocenters. The molecular formula is C13H17Cl2NO. The molecule has 1 rings (SSSR count). The molecule has 2 nitrogen and oxygen atoms in total. The number of halogens is 2. The lowest BCUT2D eigenvalue weighted by Crippen LogP contribution is -2.24. The Morgan fingerprint density at radius 2 is 1.76 bits per heavy atom. The van der Waals surface area contributed by atoms with Crippen LogP contribution in [0.25, 0.3) is 0 Å². The van der Waals surface area contributed by atoms with Gasteiger partial charge in [0.1, 0.15) is 0 Å². The third-order valence-corrected chi connectivity index (χ3v) is 3.19. The van der Waals surface area contributed by atoms with E-state index in [0.717, 1.165) is 25.2 Å². The summed E-state index contributed by atoms with van der Waals surface area (Å²) in [6.07, 6.45) is 1.02. The Balaban J connectivity index is 3.20. The van der Waals surface area contributed by atoms with Gasteiger partial charge in [-0.1, -0.05) is 30.1 Å². The van der Waals surface area contributed by atoms with E-state index in [-0.39, 0.29) is 5.78 Å². The van der Waals surface area contributed by atoms with Gasteiger partial charge in [0.25, 0.3) is 0 Å². The quantitative estimate of drug-likeness (QED) is 0.740. The summed E-state index contributed by atoms with van der Waals surface area (Å²) in [4.78, 5) is 13.4. The predicted octanol–water partition coefficient (Wildman–Crippen LogP) is 4.43. The van der Waals surface area contributed by atoms with E-state index in [1.807, 2.05) is 0 Å². The van der Waals surface area contributed by atoms with Crippen molar-refractivity contribution in [2.45, 2.75) is 27.2 Å². The first-order valence-electron chi connectivity index (χ1n) is 5.76. The first kappa shape index (κ1) is 14.3. The zero-order valence-electron chi connectivity index (χ0n) is 10.4. The third-order valence-electron chi connectivity index (χ3n) is 2.61. The molecule has 0 aliphatic rings. The van der Waals surface area contributed by atoms with Gasteiger partial charge >= 0.3 is 0 Å². The molecular weight excluding hydrogens is 257 g/mol. The van der Waals surface area contributed by atoms with Gasteiger partial charge in [0, 0.05) is 18.7 Å². The second-order valence-corrected chi connectivity index (χ2v) is 4.74. The maximum atomic E-state index is 11.3. The Kier molecular flexibility index (Phi) is 5.29. The fraction of sp³-hybridized carbons (Fsp3) is 0.462. The van der Waals surface area contributed by atoms with Gasteiger partial charge in [0.15, 0.2) is 5.78 Å². The van der Waals surface area contributed by atoms with Gasteiger partial charge in [-0.05, 0) is 32.4 Å². The van der Waals surface area contributed by atoms with Gasteiger partial charge in [-0.15, -0.1) is 0 Å². The van der Waals surface area contributed by atoms with Gasteiger partial charge in [-0.25, -0.2) is 0 Å². The molecule has 0 aromatic heterocycles. The number of anilines is 1. The molecule has 0 amide bonds. The molecule has 0 atom stereocenters. The Morgan fingerprint density at radius 1 is 1.24 bits per heavy atom. The van der Waals surface area contributed by atoms with Crippen LogP contribution in [0.15, 0.2) is 12.1 Å². The van der Waals surface area contributed by atoms with Crippen LogP contribution in [0, 0.1) is 0 Å². The molecule has 0 saturated carbocycles. The highest BCUT2D eigenvalue weighted by atomic mass is 35.5. The normalized spacial score (nSPS) is 10.4. The summed E-state index contributed by atoms with van der Waals surface area (Å²) in [6, 6.07) is 3.37. The standard InChI is InChI=1S/C13H17Cl2NO/c1-4-6-16(5-2)13-11(14)7-10(9(3)17)8-12(13)15/h7-8H,4-6H2,1-3H3. The molecule has 0 saturated heterocycles. The smallest absolute Gasteiger partial charge is 0.159 e. The fourth-order valence-electron chi connectivity index (χ4n) is 1.77. The van der Waals surface area contributed by atoms with Crippen molar-refractivity contribution in [1.29, 1.82) is 0 Å². The Morgan fingerprint density at radius 3 is 2.12 bits per heavy atom. The van der Waals surface area contributed by atoms with E-state index >= 15 is 0 Å². The fourth-order valence-corrected chi connectivity index (χ4v) is 2.49. The van der Waals surface area contributed by atoms with Crippen LogP contribution < -0.4 is 4.90 Å². The second kappa shape index (κ2) is 6.27. The molecule has 4 heteroatoms. The highest BCUT2D eigenvalue weighted by Gasteiger charge is 2.15. The van der Waals surface area contributed by atoms with Crippen molar-refractivity contribution >= 4 is 34.7 Å². The predicted molar refractivity (Wildman–Crippen MR) is 74.6 cm³/mol. The van der Waals surface area contributed by atoms with Crippen LogP contribution in [0.1, 0.15) is 37.6 Å². The van der Waals surface area contributed by atoms with Crippen LogP contribution in [0.3, 0.4) is 0 Å². The lowest BCUT2D eigenvalue weighted by atomic mass is 10.1. The lowest BCUT2D eigenvalue weighted by molar-refractivity contribution is 0.101. The molecule has 17 heavy (non-hydrogen) atoms. The van der Waals surface area contributed by atoms with E-state index in [0.29, 0.717) is 15.6 Å². The van der Waals surface area contributed by atoms with E-state index in [4.69, 9.17) is 23.2 Å². The highest BCUT2D eigenvalue weighted by molar-refractivity contribution is 6.39. The number of nitrogens with zero attached hydrogens (tertiary/aromatic N) is 1. The summed E-state index contributed by atoms with van der Waals surface area (Å²) in [5, 5.41) is 1.08. The molecule has 1 aromatic rings. The van der Waals surface area contributed by atoms with E-state index in [2.05, 4.69) is 18.7 Å². The van der Waals surface area contributed by atoms with Crippen LogP contribution in [-0.4, -0.2) is 18.9 Å². The summed E-state index contributed by atoms with van der Waals surface area (Å²) >= 11 is 12.4. The molecule has 0 aliphatic heterocycles. The minimum atomic E-state index is -0.0288. The molecule has 0 radical (unpaired) electrons. The van der Waals surface area contributed by atoms with Crippen molar-refractivity contribution in [2.75, 3.05) is 18.0 Å². The first-order chi connectivity index (χ1) is 8.01. The van der Waals surface area contributed by atoms with E-state index in [9.17, 15) is 4.79 Å². The van der Waals surface area contributed by atoms with Crippen LogP contribution >= 0.6 is 23.2 Å². The van der Waals surface area contributed by atoms with Gasteiger partial charge in [-0.2, -0.15) is 0 Å². The minimum absolute atomic E-state index is 0.0288. The highest BCUT2D eigenvalue weighted by Crippen LogP contribution is 2.35. The number of rotatable bonds is 5. The average Bonchev–Trinajstić information content (AvgIpc) is 2.26. The summed E-state index contributed by atoms with van der Waals surface area (Å²) in [7, 11) is 0. The SMILES string of the molecule is CCCN(CC)c1c(Cl)cc(C(C)=O)cc1Cl. The lowest BCUT2D eigenvalue weighted by Gasteiger charge is -2.25. The number of carbonyl (C=O) groups is 1. The number of ketones is 1. The zero-order valence-corrected chi connectivity index (χ0v) is 11.9. The molecule has 0 spiro atoms. The molecule has 0 N–H and O–H groups in total. The molecule has 94 valence electrons. The largest absolute Gasteiger partial charge is 0.369 e. The monoisotopic (exact) mass is 273 g/mol. The summed E-state index contributed by atoms with van der Waals surface area (Å²) in [6.45, 7) is 7.41. The molecule has 0 bridgehead atoms. The summed E-state index contributed by atoms with van der Waals surface area (Å²) < 4.78 is 0. The summed E-state index contributed by atoms with van der Waals surface area (Å²) in [5.41, 5.74) is 1.37. The topological polar surface area (TPSA) is 20.3 Å². The molecule has 0 heterocycles. The minimum Gasteiger partial charge on any atom is -0.369 e. The van der Waals surface area contributed by atoms with Gasteiger partial charge in [-0.3, -0.25) is 4.79 Å². The first-order valence-corrected chi connectivity index (χ1v) is 6.51. The Labute approximate surface area is 113 Å². The van der Waals surface area contributed by atoms with E-state index in [1.54, 1.807) is 12.1 Å². The van der Waals surface area contributed by atoms with Crippen molar-refractivity contribution in [1.82, 2.24) is 0 Å². The van der Waals surface area contributed by atoms with Crippen LogP contribution in [0.5, 0.6) is 0 Å². The third kappa shape index (κ3) is 3.36. The molecule has 0 fully saturated rings. The number of benzene rings is 1. The van der Waals surface area contributed by atoms with Crippen molar-refractivity contribution in [3.63, 3.8) is 0 Å². The molecule has 0 aliphatic carbocycles. The average molecular weight is 274 g/mol. The van der Waals surface area contributed by atoms with Crippen LogP contribution in [0.4, 0.5) is 5.69 Å².